The first-order chi connectivity index (χ1) is 24.7. The second kappa shape index (κ2) is 12.5. The van der Waals surface area contributed by atoms with Gasteiger partial charge in [-0.3, -0.25) is 0 Å². The van der Waals surface area contributed by atoms with Crippen molar-refractivity contribution in [2.24, 2.45) is 0 Å². The van der Waals surface area contributed by atoms with Gasteiger partial charge < -0.3 is 4.57 Å². The van der Waals surface area contributed by atoms with Crippen LogP contribution in [0.5, 0.6) is 0 Å². The summed E-state index contributed by atoms with van der Waals surface area (Å²) in [4.78, 5) is 0. The lowest BCUT2D eigenvalue weighted by molar-refractivity contribution is 0.592. The van der Waals surface area contributed by atoms with Crippen LogP contribution in [0.25, 0.3) is 65.7 Å². The van der Waals surface area contributed by atoms with Crippen LogP contribution in [0.1, 0.15) is 0 Å². The predicted octanol–water partition coefficient (Wildman–Crippen LogP) is 11.8. The lowest BCUT2D eigenvalue weighted by Crippen LogP contribution is -2.24. The molecule has 0 saturated carbocycles. The fourth-order valence-corrected chi connectivity index (χ4v) is 10.2. The molecule has 0 aliphatic rings. The van der Waals surface area contributed by atoms with E-state index in [4.69, 9.17) is 0 Å². The van der Waals surface area contributed by atoms with Crippen LogP contribution in [0.4, 0.5) is 0 Å². The van der Waals surface area contributed by atoms with E-state index in [1.54, 1.807) is 0 Å². The number of benzene rings is 9. The summed E-state index contributed by atoms with van der Waals surface area (Å²) < 4.78 is 14.9. The molecule has 0 N–H and O–H groups in total. The number of hydrogen-bond donors (Lipinski definition) is 0. The predicted molar refractivity (Wildman–Crippen MR) is 215 cm³/mol. The van der Waals surface area contributed by atoms with E-state index in [0.29, 0.717) is 0 Å². The molecule has 9 aromatic rings. The molecule has 0 heterocycles. The highest BCUT2D eigenvalue weighted by atomic mass is 31.2. The summed E-state index contributed by atoms with van der Waals surface area (Å²) >= 11 is 0. The average molecular weight is 657 g/mol. The van der Waals surface area contributed by atoms with Crippen LogP contribution >= 0.6 is 7.14 Å². The topological polar surface area (TPSA) is 17.1 Å². The number of hydrogen-bond acceptors (Lipinski definition) is 1. The molecule has 0 radical (unpaired) electrons. The zero-order chi connectivity index (χ0) is 33.5. The molecule has 50 heavy (non-hydrogen) atoms. The van der Waals surface area contributed by atoms with Gasteiger partial charge in [0.05, 0.1) is 0 Å². The van der Waals surface area contributed by atoms with Crippen LogP contribution in [0.2, 0.25) is 0 Å². The maximum Gasteiger partial charge on any atom is 0.171 e. The highest BCUT2D eigenvalue weighted by molar-refractivity contribution is 7.85. The Morgan fingerprint density at radius 3 is 1.26 bits per heavy atom. The lowest BCUT2D eigenvalue weighted by atomic mass is 9.85. The van der Waals surface area contributed by atoms with Gasteiger partial charge in [-0.1, -0.05) is 188 Å². The van der Waals surface area contributed by atoms with Crippen molar-refractivity contribution in [2.45, 2.75) is 0 Å². The van der Waals surface area contributed by atoms with Crippen molar-refractivity contribution in [3.8, 4) is 33.4 Å². The fraction of sp³-hybridized carbons (Fsp3) is 0. The van der Waals surface area contributed by atoms with Crippen LogP contribution in [0, 0.1) is 0 Å². The fourth-order valence-electron chi connectivity index (χ4n) is 7.54. The van der Waals surface area contributed by atoms with E-state index in [-0.39, 0.29) is 0 Å². The first-order valence-corrected chi connectivity index (χ1v) is 18.7. The maximum absolute atomic E-state index is 14.9. The molecule has 9 aromatic carbocycles. The Balaban J connectivity index is 1.18. The van der Waals surface area contributed by atoms with Crippen molar-refractivity contribution in [3.63, 3.8) is 0 Å². The van der Waals surface area contributed by atoms with E-state index < -0.39 is 7.14 Å². The Morgan fingerprint density at radius 2 is 0.700 bits per heavy atom. The first kappa shape index (κ1) is 30.1. The van der Waals surface area contributed by atoms with E-state index in [1.165, 1.54) is 54.6 Å². The van der Waals surface area contributed by atoms with Crippen molar-refractivity contribution in [3.05, 3.63) is 200 Å². The van der Waals surface area contributed by atoms with Gasteiger partial charge in [-0.15, -0.1) is 0 Å². The summed E-state index contributed by atoms with van der Waals surface area (Å²) in [6.07, 6.45) is 0. The second-order valence-corrected chi connectivity index (χ2v) is 15.6. The molecule has 0 fully saturated rings. The summed E-state index contributed by atoms with van der Waals surface area (Å²) in [5.74, 6) is 0. The summed E-state index contributed by atoms with van der Waals surface area (Å²) in [6.45, 7) is 0. The largest absolute Gasteiger partial charge is 0.309 e. The van der Waals surface area contributed by atoms with Crippen molar-refractivity contribution in [1.29, 1.82) is 0 Å². The molecule has 2 heteroatoms. The van der Waals surface area contributed by atoms with Crippen LogP contribution in [-0.4, -0.2) is 0 Å². The molecule has 0 atom stereocenters. The van der Waals surface area contributed by atoms with Crippen LogP contribution in [0.3, 0.4) is 0 Å². The van der Waals surface area contributed by atoms with Gasteiger partial charge in [0, 0.05) is 15.9 Å². The molecule has 0 saturated heterocycles. The Hall–Kier alpha value is -6.01. The zero-order valence-electron chi connectivity index (χ0n) is 27.4. The van der Waals surface area contributed by atoms with Gasteiger partial charge in [-0.2, -0.15) is 0 Å². The maximum atomic E-state index is 14.9. The summed E-state index contributed by atoms with van der Waals surface area (Å²) in [7, 11) is -3.04. The van der Waals surface area contributed by atoms with Crippen LogP contribution < -0.4 is 15.9 Å². The minimum absolute atomic E-state index is 0.830. The SMILES string of the molecule is O=P(c1ccccc1)(c1ccccc1)c1ccc(-c2cccc(-c3c4ccccc4c(-c4ccc5ccccc5c4)c4ccccc34)c2)cc1. The van der Waals surface area contributed by atoms with Crippen molar-refractivity contribution < 1.29 is 4.57 Å². The monoisotopic (exact) mass is 656 g/mol. The molecule has 1 nitrogen and oxygen atoms in total. The molecule has 0 bridgehead atoms. The highest BCUT2D eigenvalue weighted by Gasteiger charge is 2.29. The summed E-state index contributed by atoms with van der Waals surface area (Å²) in [5, 5.41) is 9.93. The Morgan fingerprint density at radius 1 is 0.280 bits per heavy atom. The van der Waals surface area contributed by atoms with Gasteiger partial charge in [0.15, 0.2) is 7.14 Å². The Labute approximate surface area is 292 Å². The summed E-state index contributed by atoms with van der Waals surface area (Å²) in [6, 6.07) is 69.9. The Kier molecular flexibility index (Phi) is 7.50. The van der Waals surface area contributed by atoms with Gasteiger partial charge in [0.2, 0.25) is 0 Å². The normalized spacial score (nSPS) is 11.7. The van der Waals surface area contributed by atoms with Crippen LogP contribution in [-0.2, 0) is 4.57 Å². The van der Waals surface area contributed by atoms with Gasteiger partial charge >= 0.3 is 0 Å². The molecule has 0 spiro atoms. The molecular weight excluding hydrogens is 624 g/mol. The first-order valence-electron chi connectivity index (χ1n) is 17.0. The third-order valence-corrected chi connectivity index (χ3v) is 13.0. The van der Waals surface area contributed by atoms with E-state index in [9.17, 15) is 4.57 Å². The minimum Gasteiger partial charge on any atom is -0.309 e. The van der Waals surface area contributed by atoms with Crippen molar-refractivity contribution >= 4 is 55.4 Å². The average Bonchev–Trinajstić information content (AvgIpc) is 3.20. The smallest absolute Gasteiger partial charge is 0.171 e. The molecule has 0 aliphatic heterocycles. The van der Waals surface area contributed by atoms with E-state index in [2.05, 4.69) is 127 Å². The summed E-state index contributed by atoms with van der Waals surface area (Å²) in [5.41, 5.74) is 7.10. The van der Waals surface area contributed by atoms with E-state index in [1.807, 2.05) is 72.8 Å². The van der Waals surface area contributed by atoms with Gasteiger partial charge in [-0.05, 0) is 77.8 Å². The van der Waals surface area contributed by atoms with E-state index >= 15 is 0 Å². The van der Waals surface area contributed by atoms with Gasteiger partial charge in [-0.25, -0.2) is 0 Å². The van der Waals surface area contributed by atoms with E-state index in [0.717, 1.165) is 27.0 Å². The Bertz CT molecular complexity index is 2610. The van der Waals surface area contributed by atoms with Crippen molar-refractivity contribution in [1.82, 2.24) is 0 Å². The lowest BCUT2D eigenvalue weighted by Gasteiger charge is -2.20. The van der Waals surface area contributed by atoms with Gasteiger partial charge in [0.25, 0.3) is 0 Å². The quantitative estimate of drug-likeness (QED) is 0.129. The number of rotatable bonds is 6. The van der Waals surface area contributed by atoms with Crippen molar-refractivity contribution in [2.75, 3.05) is 0 Å². The zero-order valence-corrected chi connectivity index (χ0v) is 28.3. The molecule has 0 amide bonds. The number of fused-ring (bicyclic) bond motifs is 3. The standard InChI is InChI=1S/C48H33OP/c49-50(40-18-3-1-4-19-40,41-20-5-2-6-21-41)42-30-28-35(29-31-42)37-16-13-17-38(32-37)47-43-22-9-11-24-45(43)48(46-25-12-10-23-44(46)47)39-27-26-34-14-7-8-15-36(34)33-39/h1-33H. The molecule has 0 aromatic heterocycles. The third kappa shape index (κ3) is 5.07. The molecule has 9 rings (SSSR count). The molecule has 236 valence electrons. The highest BCUT2D eigenvalue weighted by Crippen LogP contribution is 2.45. The minimum atomic E-state index is -3.04. The second-order valence-electron chi connectivity index (χ2n) is 12.8. The third-order valence-electron chi connectivity index (χ3n) is 9.92. The molecular formula is C48H33OP. The van der Waals surface area contributed by atoms with Gasteiger partial charge in [0.1, 0.15) is 0 Å². The molecule has 0 unspecified atom stereocenters. The van der Waals surface area contributed by atoms with Crippen LogP contribution in [0.15, 0.2) is 200 Å². The molecule has 0 aliphatic carbocycles.